The van der Waals surface area contributed by atoms with Gasteiger partial charge in [-0.3, -0.25) is 4.72 Å². The fraction of sp³-hybridized carbons (Fsp3) is 0.692. The van der Waals surface area contributed by atoms with Gasteiger partial charge in [0.1, 0.15) is 0 Å². The molecule has 2 rings (SSSR count). The third-order valence-corrected chi connectivity index (χ3v) is 4.63. The van der Waals surface area contributed by atoms with Gasteiger partial charge in [-0.25, -0.2) is 4.79 Å². The van der Waals surface area contributed by atoms with Crippen molar-refractivity contribution in [2.45, 2.75) is 39.5 Å². The van der Waals surface area contributed by atoms with Crippen molar-refractivity contribution in [3.63, 3.8) is 0 Å². The number of nitrogens with zero attached hydrogens (tertiary/aromatic N) is 1. The molecule has 6 nitrogen and oxygen atoms in total. The number of hydrogen-bond donors (Lipinski definition) is 1. The molecule has 0 atom stereocenters. The second-order valence-corrected chi connectivity index (χ2v) is 6.67. The summed E-state index contributed by atoms with van der Waals surface area (Å²) in [4.78, 5) is 11.7. The van der Waals surface area contributed by atoms with E-state index in [0.717, 1.165) is 25.7 Å². The maximum Gasteiger partial charge on any atom is 0.357 e. The van der Waals surface area contributed by atoms with Crippen LogP contribution in [0.3, 0.4) is 0 Å². The first-order valence-corrected chi connectivity index (χ1v) is 8.36. The number of carbonyl (C=O) groups is 1. The maximum absolute atomic E-state index is 11.7. The van der Waals surface area contributed by atoms with E-state index in [2.05, 4.69) is 16.0 Å². The molecule has 1 fully saturated rings. The summed E-state index contributed by atoms with van der Waals surface area (Å²) in [6, 6.07) is 0. The number of allylic oxidation sites excluding steroid dienone is 1. The number of nitrogens with one attached hydrogen (secondary N) is 1. The average Bonchev–Trinajstić information content (AvgIpc) is 2.38. The van der Waals surface area contributed by atoms with Gasteiger partial charge in [0, 0.05) is 5.70 Å². The third kappa shape index (κ3) is 3.59. The van der Waals surface area contributed by atoms with E-state index in [1.807, 2.05) is 0 Å². The standard InChI is InChI=1S/C13H20N2O4S/c1-3-19-13(16)12-8-11(14-20(17,18)15-12)10-6-4-9(2)5-7-10/h8-10,14H,3-7H2,1-2H3. The van der Waals surface area contributed by atoms with Gasteiger partial charge in [0.25, 0.3) is 0 Å². The van der Waals surface area contributed by atoms with E-state index in [1.54, 1.807) is 6.92 Å². The molecule has 0 saturated heterocycles. The van der Waals surface area contributed by atoms with E-state index in [9.17, 15) is 13.2 Å². The molecule has 1 aliphatic carbocycles. The van der Waals surface area contributed by atoms with E-state index < -0.39 is 16.2 Å². The number of ether oxygens (including phenoxy) is 1. The normalized spacial score (nSPS) is 28.9. The van der Waals surface area contributed by atoms with Crippen LogP contribution in [-0.2, 0) is 19.7 Å². The second kappa shape index (κ2) is 5.95. The Labute approximate surface area is 119 Å². The van der Waals surface area contributed by atoms with Gasteiger partial charge in [0.2, 0.25) is 0 Å². The van der Waals surface area contributed by atoms with Crippen molar-refractivity contribution in [3.05, 3.63) is 11.8 Å². The van der Waals surface area contributed by atoms with Crippen molar-refractivity contribution in [2.75, 3.05) is 6.61 Å². The van der Waals surface area contributed by atoms with E-state index in [4.69, 9.17) is 4.74 Å². The molecule has 1 saturated carbocycles. The van der Waals surface area contributed by atoms with Crippen molar-refractivity contribution in [1.82, 2.24) is 4.72 Å². The lowest BCUT2D eigenvalue weighted by atomic mass is 9.81. The Kier molecular flexibility index (Phi) is 4.47. The molecule has 0 unspecified atom stereocenters. The molecule has 0 bridgehead atoms. The molecule has 0 aromatic heterocycles. The van der Waals surface area contributed by atoms with Crippen LogP contribution in [0, 0.1) is 11.8 Å². The molecule has 0 amide bonds. The number of esters is 1. The zero-order chi connectivity index (χ0) is 14.8. The molecule has 0 radical (unpaired) electrons. The Morgan fingerprint density at radius 1 is 1.40 bits per heavy atom. The molecule has 0 aromatic carbocycles. The average molecular weight is 300 g/mol. The molecule has 7 heteroatoms. The van der Waals surface area contributed by atoms with Crippen LogP contribution in [0.25, 0.3) is 0 Å². The minimum Gasteiger partial charge on any atom is -0.461 e. The molecular formula is C13H20N2O4S. The lowest BCUT2D eigenvalue weighted by Gasteiger charge is -2.29. The van der Waals surface area contributed by atoms with Gasteiger partial charge >= 0.3 is 16.2 Å². The van der Waals surface area contributed by atoms with Crippen molar-refractivity contribution >= 4 is 21.9 Å². The third-order valence-electron chi connectivity index (χ3n) is 3.70. The molecule has 112 valence electrons. The number of rotatable bonds is 3. The van der Waals surface area contributed by atoms with E-state index >= 15 is 0 Å². The van der Waals surface area contributed by atoms with E-state index in [1.165, 1.54) is 6.08 Å². The first-order chi connectivity index (χ1) is 9.41. The summed E-state index contributed by atoms with van der Waals surface area (Å²) in [7, 11) is -3.84. The Morgan fingerprint density at radius 3 is 2.65 bits per heavy atom. The van der Waals surface area contributed by atoms with Gasteiger partial charge in [-0.2, -0.15) is 8.42 Å². The minimum absolute atomic E-state index is 0.140. The van der Waals surface area contributed by atoms with Crippen molar-refractivity contribution in [1.29, 1.82) is 0 Å². The van der Waals surface area contributed by atoms with Gasteiger partial charge in [-0.15, -0.1) is 4.40 Å². The highest BCUT2D eigenvalue weighted by molar-refractivity contribution is 7.88. The molecule has 0 spiro atoms. The molecule has 1 heterocycles. The Balaban J connectivity index is 2.21. The molecule has 1 aliphatic heterocycles. The fourth-order valence-electron chi connectivity index (χ4n) is 2.58. The summed E-state index contributed by atoms with van der Waals surface area (Å²) >= 11 is 0. The molecule has 1 N–H and O–H groups in total. The van der Waals surface area contributed by atoms with Crippen LogP contribution in [0.15, 0.2) is 16.2 Å². The number of carbonyl (C=O) groups excluding carboxylic acids is 1. The van der Waals surface area contributed by atoms with Crippen LogP contribution < -0.4 is 4.72 Å². The number of hydrogen-bond acceptors (Lipinski definition) is 4. The smallest absolute Gasteiger partial charge is 0.357 e. The maximum atomic E-state index is 11.7. The quantitative estimate of drug-likeness (QED) is 0.801. The zero-order valence-corrected chi connectivity index (χ0v) is 12.6. The molecule has 2 aliphatic rings. The van der Waals surface area contributed by atoms with Crippen molar-refractivity contribution in [2.24, 2.45) is 16.2 Å². The van der Waals surface area contributed by atoms with Gasteiger partial charge in [-0.1, -0.05) is 19.8 Å². The Hall–Kier alpha value is -1.37. The monoisotopic (exact) mass is 300 g/mol. The lowest BCUT2D eigenvalue weighted by molar-refractivity contribution is -0.134. The van der Waals surface area contributed by atoms with Crippen LogP contribution in [0.5, 0.6) is 0 Å². The summed E-state index contributed by atoms with van der Waals surface area (Å²) in [5.74, 6) is 0.116. The van der Waals surface area contributed by atoms with Crippen molar-refractivity contribution < 1.29 is 17.9 Å². The highest BCUT2D eigenvalue weighted by atomic mass is 32.2. The fourth-order valence-corrected chi connectivity index (χ4v) is 3.53. The molecule has 20 heavy (non-hydrogen) atoms. The summed E-state index contributed by atoms with van der Waals surface area (Å²) in [5.41, 5.74) is 0.425. The van der Waals surface area contributed by atoms with Gasteiger partial charge in [0.15, 0.2) is 5.71 Å². The van der Waals surface area contributed by atoms with Crippen LogP contribution in [0.2, 0.25) is 0 Å². The molecule has 0 aromatic rings. The van der Waals surface area contributed by atoms with E-state index in [-0.39, 0.29) is 18.2 Å². The van der Waals surface area contributed by atoms with Crippen molar-refractivity contribution in [3.8, 4) is 0 Å². The predicted molar refractivity (Wildman–Crippen MR) is 75.3 cm³/mol. The van der Waals surface area contributed by atoms with Crippen LogP contribution in [-0.4, -0.2) is 26.7 Å². The highest BCUT2D eigenvalue weighted by Crippen LogP contribution is 2.33. The SMILES string of the molecule is CCOC(=O)C1=NS(=O)(=O)NC(C2CCC(C)CC2)=C1. The van der Waals surface area contributed by atoms with Crippen LogP contribution in [0.1, 0.15) is 39.5 Å². The van der Waals surface area contributed by atoms with E-state index in [0.29, 0.717) is 11.6 Å². The summed E-state index contributed by atoms with van der Waals surface area (Å²) in [5, 5.41) is 0. The molecular weight excluding hydrogens is 280 g/mol. The van der Waals surface area contributed by atoms with Crippen LogP contribution in [0.4, 0.5) is 0 Å². The Morgan fingerprint density at radius 2 is 2.05 bits per heavy atom. The summed E-state index contributed by atoms with van der Waals surface area (Å²) < 4.78 is 34.2. The zero-order valence-electron chi connectivity index (χ0n) is 11.8. The largest absolute Gasteiger partial charge is 0.461 e. The minimum atomic E-state index is -3.84. The topological polar surface area (TPSA) is 84.8 Å². The highest BCUT2D eigenvalue weighted by Gasteiger charge is 2.29. The Bertz CT molecular complexity index is 543. The first kappa shape index (κ1) is 15.0. The predicted octanol–water partition coefficient (Wildman–Crippen LogP) is 1.55. The van der Waals surface area contributed by atoms with Gasteiger partial charge in [-0.05, 0) is 37.7 Å². The van der Waals surface area contributed by atoms with Crippen LogP contribution >= 0.6 is 0 Å². The van der Waals surface area contributed by atoms with Gasteiger partial charge < -0.3 is 4.74 Å². The summed E-state index contributed by atoms with van der Waals surface area (Å²) in [6.07, 6.45) is 5.49. The lowest BCUT2D eigenvalue weighted by Crippen LogP contribution is -2.34. The van der Waals surface area contributed by atoms with Gasteiger partial charge in [0.05, 0.1) is 6.61 Å². The summed E-state index contributed by atoms with van der Waals surface area (Å²) in [6.45, 7) is 4.05. The first-order valence-electron chi connectivity index (χ1n) is 6.92. The second-order valence-electron chi connectivity index (χ2n) is 5.33.